The van der Waals surface area contributed by atoms with Crippen LogP contribution in [0.1, 0.15) is 23.0 Å². The monoisotopic (exact) mass is 307 g/mol. The number of halogens is 1. The Morgan fingerprint density at radius 1 is 1.24 bits per heavy atom. The van der Waals surface area contributed by atoms with Gasteiger partial charge >= 0.3 is 0 Å². The predicted octanol–water partition coefficient (Wildman–Crippen LogP) is 3.71. The first-order valence-electron chi connectivity index (χ1n) is 6.92. The molecular weight excluding hydrogens is 289 g/mol. The van der Waals surface area contributed by atoms with E-state index >= 15 is 0 Å². The van der Waals surface area contributed by atoms with E-state index in [1.165, 1.54) is 23.5 Å². The molecule has 112 valence electrons. The number of carbonyl (C=O) groups excluding carboxylic acids is 1. The fraction of sp³-hybridized carbons (Fsp3) is 0.312. The molecule has 2 aromatic rings. The number of rotatable bonds is 7. The summed E-state index contributed by atoms with van der Waals surface area (Å²) < 4.78 is 18.1. The van der Waals surface area contributed by atoms with Crippen molar-refractivity contribution in [2.75, 3.05) is 19.8 Å². The third-order valence-corrected chi connectivity index (χ3v) is 4.05. The summed E-state index contributed by atoms with van der Waals surface area (Å²) in [5, 5.41) is 2.86. The number of hydrogen-bond donors (Lipinski definition) is 1. The highest BCUT2D eigenvalue weighted by Gasteiger charge is 2.09. The lowest BCUT2D eigenvalue weighted by Gasteiger charge is -2.03. The van der Waals surface area contributed by atoms with Crippen molar-refractivity contribution >= 4 is 17.2 Å². The van der Waals surface area contributed by atoms with Gasteiger partial charge < -0.3 is 10.1 Å². The van der Waals surface area contributed by atoms with Crippen LogP contribution in [-0.2, 0) is 4.74 Å². The molecule has 0 fully saturated rings. The Balaban J connectivity index is 1.90. The lowest BCUT2D eigenvalue weighted by Crippen LogP contribution is -2.24. The first kappa shape index (κ1) is 15.7. The molecule has 1 aromatic carbocycles. The van der Waals surface area contributed by atoms with E-state index in [0.717, 1.165) is 16.9 Å². The third-order valence-electron chi connectivity index (χ3n) is 2.91. The van der Waals surface area contributed by atoms with Crippen molar-refractivity contribution in [1.29, 1.82) is 0 Å². The van der Waals surface area contributed by atoms with Crippen molar-refractivity contribution in [3.63, 3.8) is 0 Å². The molecule has 0 aliphatic rings. The van der Waals surface area contributed by atoms with Gasteiger partial charge in [0.25, 0.3) is 5.91 Å². The fourth-order valence-corrected chi connectivity index (χ4v) is 2.76. The van der Waals surface area contributed by atoms with Gasteiger partial charge in [0, 0.05) is 24.6 Å². The zero-order valence-corrected chi connectivity index (χ0v) is 12.7. The topological polar surface area (TPSA) is 38.3 Å². The van der Waals surface area contributed by atoms with Crippen LogP contribution in [0, 0.1) is 5.82 Å². The Morgan fingerprint density at radius 3 is 2.71 bits per heavy atom. The maximum Gasteiger partial charge on any atom is 0.261 e. The van der Waals surface area contributed by atoms with E-state index in [4.69, 9.17) is 4.74 Å². The van der Waals surface area contributed by atoms with Gasteiger partial charge in [-0.05, 0) is 43.2 Å². The number of ether oxygens (including phenoxy) is 1. The summed E-state index contributed by atoms with van der Waals surface area (Å²) in [5.74, 6) is -0.340. The SMILES string of the molecule is CCOCCCNC(=O)c1ccc(-c2ccc(F)cc2)s1. The largest absolute Gasteiger partial charge is 0.382 e. The van der Waals surface area contributed by atoms with Crippen LogP contribution < -0.4 is 5.32 Å². The summed E-state index contributed by atoms with van der Waals surface area (Å²) in [4.78, 5) is 13.6. The molecule has 0 unspecified atom stereocenters. The quantitative estimate of drug-likeness (QED) is 0.792. The Kier molecular flexibility index (Phi) is 5.90. The molecule has 1 N–H and O–H groups in total. The average molecular weight is 307 g/mol. The molecular formula is C16H18FNO2S. The molecule has 2 rings (SSSR count). The third kappa shape index (κ3) is 4.65. The smallest absolute Gasteiger partial charge is 0.261 e. The summed E-state index contributed by atoms with van der Waals surface area (Å²) >= 11 is 1.40. The van der Waals surface area contributed by atoms with E-state index in [2.05, 4.69) is 5.32 Å². The summed E-state index contributed by atoms with van der Waals surface area (Å²) in [7, 11) is 0. The van der Waals surface area contributed by atoms with E-state index in [1.807, 2.05) is 13.0 Å². The maximum absolute atomic E-state index is 12.9. The highest BCUT2D eigenvalue weighted by molar-refractivity contribution is 7.17. The molecule has 1 aromatic heterocycles. The molecule has 0 spiro atoms. The van der Waals surface area contributed by atoms with Gasteiger partial charge in [-0.15, -0.1) is 11.3 Å². The van der Waals surface area contributed by atoms with Gasteiger partial charge in [0.05, 0.1) is 4.88 Å². The van der Waals surface area contributed by atoms with Crippen LogP contribution in [0.3, 0.4) is 0 Å². The molecule has 1 amide bonds. The van der Waals surface area contributed by atoms with Crippen molar-refractivity contribution in [3.05, 3.63) is 47.1 Å². The Hall–Kier alpha value is -1.72. The molecule has 0 saturated carbocycles. The fourth-order valence-electron chi connectivity index (χ4n) is 1.84. The van der Waals surface area contributed by atoms with Crippen molar-refractivity contribution in [1.82, 2.24) is 5.32 Å². The molecule has 0 aliphatic heterocycles. The van der Waals surface area contributed by atoms with E-state index in [0.29, 0.717) is 24.6 Å². The second-order valence-electron chi connectivity index (χ2n) is 4.48. The van der Waals surface area contributed by atoms with E-state index in [9.17, 15) is 9.18 Å². The second-order valence-corrected chi connectivity index (χ2v) is 5.56. The number of nitrogens with one attached hydrogen (secondary N) is 1. The lowest BCUT2D eigenvalue weighted by atomic mass is 10.2. The Morgan fingerprint density at radius 2 is 2.00 bits per heavy atom. The normalized spacial score (nSPS) is 10.6. The highest BCUT2D eigenvalue weighted by atomic mass is 32.1. The van der Waals surface area contributed by atoms with E-state index in [1.54, 1.807) is 18.2 Å². The minimum atomic E-state index is -0.262. The van der Waals surface area contributed by atoms with E-state index in [-0.39, 0.29) is 11.7 Å². The van der Waals surface area contributed by atoms with Crippen LogP contribution in [0.4, 0.5) is 4.39 Å². The van der Waals surface area contributed by atoms with Gasteiger partial charge in [-0.3, -0.25) is 4.79 Å². The second kappa shape index (κ2) is 7.90. The molecule has 5 heteroatoms. The van der Waals surface area contributed by atoms with Crippen LogP contribution in [0.2, 0.25) is 0 Å². The first-order valence-corrected chi connectivity index (χ1v) is 7.74. The van der Waals surface area contributed by atoms with Gasteiger partial charge in [-0.1, -0.05) is 12.1 Å². The number of carbonyl (C=O) groups is 1. The zero-order valence-electron chi connectivity index (χ0n) is 11.9. The number of benzene rings is 1. The minimum absolute atomic E-state index is 0.0788. The number of hydrogen-bond acceptors (Lipinski definition) is 3. The van der Waals surface area contributed by atoms with Crippen molar-refractivity contribution in [3.8, 4) is 10.4 Å². The van der Waals surface area contributed by atoms with Crippen LogP contribution in [0.15, 0.2) is 36.4 Å². The summed E-state index contributed by atoms with van der Waals surface area (Å²) in [6.45, 7) is 3.89. The molecule has 1 heterocycles. The Labute approximate surface area is 127 Å². The van der Waals surface area contributed by atoms with Crippen molar-refractivity contribution < 1.29 is 13.9 Å². The molecule has 0 aliphatic carbocycles. The summed E-state index contributed by atoms with van der Waals surface area (Å²) in [5.41, 5.74) is 0.914. The molecule has 0 radical (unpaired) electrons. The van der Waals surface area contributed by atoms with Gasteiger partial charge in [0.15, 0.2) is 0 Å². The average Bonchev–Trinajstić information content (AvgIpc) is 2.97. The molecule has 0 saturated heterocycles. The molecule has 0 bridgehead atoms. The van der Waals surface area contributed by atoms with Crippen LogP contribution in [-0.4, -0.2) is 25.7 Å². The molecule has 3 nitrogen and oxygen atoms in total. The van der Waals surface area contributed by atoms with Gasteiger partial charge in [0.2, 0.25) is 0 Å². The van der Waals surface area contributed by atoms with Gasteiger partial charge in [-0.25, -0.2) is 4.39 Å². The van der Waals surface area contributed by atoms with Crippen molar-refractivity contribution in [2.24, 2.45) is 0 Å². The standard InChI is InChI=1S/C16H18FNO2S/c1-2-20-11-3-10-18-16(19)15-9-8-14(21-15)12-4-6-13(17)7-5-12/h4-9H,2-3,10-11H2,1H3,(H,18,19). The van der Waals surface area contributed by atoms with Crippen LogP contribution in [0.5, 0.6) is 0 Å². The van der Waals surface area contributed by atoms with Crippen LogP contribution in [0.25, 0.3) is 10.4 Å². The van der Waals surface area contributed by atoms with Crippen molar-refractivity contribution in [2.45, 2.75) is 13.3 Å². The van der Waals surface area contributed by atoms with Gasteiger partial charge in [0.1, 0.15) is 5.82 Å². The molecule has 0 atom stereocenters. The predicted molar refractivity (Wildman–Crippen MR) is 83.2 cm³/mol. The lowest BCUT2D eigenvalue weighted by molar-refractivity contribution is 0.0948. The first-order chi connectivity index (χ1) is 10.2. The minimum Gasteiger partial charge on any atom is -0.382 e. The zero-order chi connectivity index (χ0) is 15.1. The van der Waals surface area contributed by atoms with Gasteiger partial charge in [-0.2, -0.15) is 0 Å². The highest BCUT2D eigenvalue weighted by Crippen LogP contribution is 2.28. The number of thiophene rings is 1. The van der Waals surface area contributed by atoms with Crippen LogP contribution >= 0.6 is 11.3 Å². The summed E-state index contributed by atoms with van der Waals surface area (Å²) in [6.07, 6.45) is 0.801. The summed E-state index contributed by atoms with van der Waals surface area (Å²) in [6, 6.07) is 9.94. The maximum atomic E-state index is 12.9. The number of amides is 1. The van der Waals surface area contributed by atoms with E-state index < -0.39 is 0 Å². The Bertz CT molecular complexity index is 580. The molecule has 21 heavy (non-hydrogen) atoms.